The highest BCUT2D eigenvalue weighted by atomic mass is 32.1. The molecule has 0 radical (unpaired) electrons. The highest BCUT2D eigenvalue weighted by Crippen LogP contribution is 2.35. The van der Waals surface area contributed by atoms with E-state index in [0.717, 1.165) is 19.3 Å². The Balaban J connectivity index is 2.66. The number of carbonyl (C=O) groups is 1. The van der Waals surface area contributed by atoms with Crippen LogP contribution in [-0.4, -0.2) is 16.4 Å². The fourth-order valence-electron chi connectivity index (χ4n) is 1.68. The Kier molecular flexibility index (Phi) is 3.38. The summed E-state index contributed by atoms with van der Waals surface area (Å²) >= 11 is 4.90. The molecule has 0 unspecified atom stereocenters. The van der Waals surface area contributed by atoms with Crippen LogP contribution < -0.4 is 11.1 Å². The van der Waals surface area contributed by atoms with Crippen molar-refractivity contribution in [2.75, 3.05) is 0 Å². The number of nitrogens with one attached hydrogen (secondary N) is 1. The fraction of sp³-hybridized carbons (Fsp3) is 0.818. The lowest BCUT2D eigenvalue weighted by Crippen LogP contribution is -2.58. The second-order valence-electron chi connectivity index (χ2n) is 4.93. The van der Waals surface area contributed by atoms with Crippen LogP contribution in [0.3, 0.4) is 0 Å². The molecule has 0 spiro atoms. The summed E-state index contributed by atoms with van der Waals surface area (Å²) < 4.78 is 0. The summed E-state index contributed by atoms with van der Waals surface area (Å²) in [6.45, 7) is 5.65. The molecular weight excluding hydrogens is 208 g/mol. The van der Waals surface area contributed by atoms with E-state index < -0.39 is 5.41 Å². The molecule has 0 aromatic rings. The van der Waals surface area contributed by atoms with Gasteiger partial charge in [0.05, 0.1) is 10.4 Å². The molecule has 0 heterocycles. The van der Waals surface area contributed by atoms with Crippen LogP contribution in [0.25, 0.3) is 0 Å². The third kappa shape index (κ3) is 2.30. The van der Waals surface area contributed by atoms with E-state index in [2.05, 4.69) is 12.2 Å². The number of thiocarbonyl (C=S) groups is 1. The van der Waals surface area contributed by atoms with Gasteiger partial charge < -0.3 is 11.1 Å². The van der Waals surface area contributed by atoms with Gasteiger partial charge in [-0.2, -0.15) is 0 Å². The summed E-state index contributed by atoms with van der Waals surface area (Å²) in [4.78, 5) is 12.3. The topological polar surface area (TPSA) is 55.1 Å². The van der Waals surface area contributed by atoms with Crippen molar-refractivity contribution in [3.8, 4) is 0 Å². The molecule has 3 N–H and O–H groups in total. The zero-order valence-corrected chi connectivity index (χ0v) is 10.5. The maximum Gasteiger partial charge on any atom is 0.232 e. The molecule has 0 saturated heterocycles. The smallest absolute Gasteiger partial charge is 0.232 e. The maximum atomic E-state index is 12.0. The van der Waals surface area contributed by atoms with E-state index in [9.17, 15) is 4.79 Å². The molecule has 15 heavy (non-hydrogen) atoms. The molecule has 0 aliphatic heterocycles. The Morgan fingerprint density at radius 3 is 2.33 bits per heavy atom. The number of hydrogen-bond donors (Lipinski definition) is 2. The zero-order chi connectivity index (χ0) is 11.7. The van der Waals surface area contributed by atoms with Gasteiger partial charge in [-0.05, 0) is 39.5 Å². The van der Waals surface area contributed by atoms with E-state index in [-0.39, 0.29) is 16.4 Å². The van der Waals surface area contributed by atoms with Gasteiger partial charge in [-0.1, -0.05) is 19.1 Å². The molecule has 1 fully saturated rings. The molecule has 1 amide bonds. The van der Waals surface area contributed by atoms with Crippen LogP contribution in [0.1, 0.15) is 46.5 Å². The highest BCUT2D eigenvalue weighted by Gasteiger charge is 2.41. The van der Waals surface area contributed by atoms with Crippen molar-refractivity contribution < 1.29 is 4.79 Å². The average molecular weight is 228 g/mol. The first kappa shape index (κ1) is 12.4. The largest absolute Gasteiger partial charge is 0.392 e. The van der Waals surface area contributed by atoms with Crippen LogP contribution in [0.15, 0.2) is 0 Å². The van der Waals surface area contributed by atoms with Gasteiger partial charge in [0.25, 0.3) is 0 Å². The fourth-order valence-corrected chi connectivity index (χ4v) is 1.77. The number of amides is 1. The minimum atomic E-state index is -0.743. The summed E-state index contributed by atoms with van der Waals surface area (Å²) in [5, 5.41) is 3.09. The van der Waals surface area contributed by atoms with Crippen molar-refractivity contribution in [3.63, 3.8) is 0 Å². The van der Waals surface area contributed by atoms with Crippen LogP contribution in [0, 0.1) is 5.41 Å². The molecule has 3 nitrogen and oxygen atoms in total. The van der Waals surface area contributed by atoms with Crippen LogP contribution in [0.5, 0.6) is 0 Å². The van der Waals surface area contributed by atoms with Crippen molar-refractivity contribution in [3.05, 3.63) is 0 Å². The van der Waals surface area contributed by atoms with Gasteiger partial charge in [-0.15, -0.1) is 0 Å². The quantitative estimate of drug-likeness (QED) is 0.721. The molecular formula is C11H20N2OS. The number of carbonyl (C=O) groups excluding carboxylic acids is 1. The Bertz CT molecular complexity index is 277. The summed E-state index contributed by atoms with van der Waals surface area (Å²) in [5.74, 6) is -0.0449. The number of rotatable bonds is 4. The van der Waals surface area contributed by atoms with Crippen LogP contribution in [0.2, 0.25) is 0 Å². The van der Waals surface area contributed by atoms with Crippen molar-refractivity contribution in [2.24, 2.45) is 11.1 Å². The monoisotopic (exact) mass is 228 g/mol. The molecule has 0 aromatic carbocycles. The molecule has 4 heteroatoms. The summed E-state index contributed by atoms with van der Waals surface area (Å²) in [6, 6.07) is 0. The van der Waals surface area contributed by atoms with E-state index >= 15 is 0 Å². The Morgan fingerprint density at radius 1 is 1.53 bits per heavy atom. The second kappa shape index (κ2) is 4.08. The van der Waals surface area contributed by atoms with Crippen LogP contribution in [-0.2, 0) is 4.79 Å². The standard InChI is InChI=1S/C11H20N2OS/c1-4-11(6-5-7-11)13-9(14)10(2,3)8(12)15/h4-7H2,1-3H3,(H2,12,15)(H,13,14). The van der Waals surface area contributed by atoms with E-state index in [1.54, 1.807) is 13.8 Å². The molecule has 86 valence electrons. The first-order valence-electron chi connectivity index (χ1n) is 5.46. The molecule has 1 aliphatic rings. The molecule has 1 aliphatic carbocycles. The van der Waals surface area contributed by atoms with Crippen molar-refractivity contribution in [1.29, 1.82) is 0 Å². The highest BCUT2D eigenvalue weighted by molar-refractivity contribution is 7.80. The second-order valence-corrected chi connectivity index (χ2v) is 5.37. The van der Waals surface area contributed by atoms with Crippen LogP contribution in [0.4, 0.5) is 0 Å². The normalized spacial score (nSPS) is 19.1. The zero-order valence-electron chi connectivity index (χ0n) is 9.72. The predicted molar refractivity (Wildman–Crippen MR) is 65.6 cm³/mol. The lowest BCUT2D eigenvalue weighted by atomic mass is 9.74. The molecule has 0 bridgehead atoms. The first-order valence-corrected chi connectivity index (χ1v) is 5.87. The summed E-state index contributed by atoms with van der Waals surface area (Å²) in [7, 11) is 0. The van der Waals surface area contributed by atoms with Gasteiger partial charge in [0, 0.05) is 5.54 Å². The van der Waals surface area contributed by atoms with Gasteiger partial charge in [-0.3, -0.25) is 4.79 Å². The number of nitrogens with two attached hydrogens (primary N) is 1. The Labute approximate surface area is 96.8 Å². The van der Waals surface area contributed by atoms with Gasteiger partial charge >= 0.3 is 0 Å². The van der Waals surface area contributed by atoms with Crippen molar-refractivity contribution in [1.82, 2.24) is 5.32 Å². The SMILES string of the molecule is CCC1(NC(=O)C(C)(C)C(N)=S)CCC1. The summed E-state index contributed by atoms with van der Waals surface area (Å²) in [6.07, 6.45) is 4.32. The van der Waals surface area contributed by atoms with Crippen molar-refractivity contribution in [2.45, 2.75) is 52.0 Å². The van der Waals surface area contributed by atoms with Crippen LogP contribution >= 0.6 is 12.2 Å². The summed E-state index contributed by atoms with van der Waals surface area (Å²) in [5.41, 5.74) is 4.83. The lowest BCUT2D eigenvalue weighted by Gasteiger charge is -2.43. The molecule has 0 aromatic heterocycles. The molecule has 1 saturated carbocycles. The Hall–Kier alpha value is -0.640. The minimum absolute atomic E-state index is 0.0130. The number of hydrogen-bond acceptors (Lipinski definition) is 2. The maximum absolute atomic E-state index is 12.0. The molecule has 0 atom stereocenters. The minimum Gasteiger partial charge on any atom is -0.392 e. The molecule has 1 rings (SSSR count). The van der Waals surface area contributed by atoms with Gasteiger partial charge in [0.1, 0.15) is 0 Å². The van der Waals surface area contributed by atoms with Gasteiger partial charge in [-0.25, -0.2) is 0 Å². The van der Waals surface area contributed by atoms with E-state index in [1.807, 2.05) is 0 Å². The van der Waals surface area contributed by atoms with E-state index in [1.165, 1.54) is 6.42 Å². The van der Waals surface area contributed by atoms with E-state index in [4.69, 9.17) is 18.0 Å². The third-order valence-electron chi connectivity index (χ3n) is 3.55. The van der Waals surface area contributed by atoms with Gasteiger partial charge in [0.15, 0.2) is 0 Å². The Morgan fingerprint density at radius 2 is 2.07 bits per heavy atom. The average Bonchev–Trinajstić information content (AvgIpc) is 2.10. The predicted octanol–water partition coefficient (Wildman–Crippen LogP) is 1.75. The van der Waals surface area contributed by atoms with Gasteiger partial charge in [0.2, 0.25) is 5.91 Å². The third-order valence-corrected chi connectivity index (χ3v) is 4.06. The first-order chi connectivity index (χ1) is 6.84. The van der Waals surface area contributed by atoms with Crippen molar-refractivity contribution >= 4 is 23.1 Å². The van der Waals surface area contributed by atoms with E-state index in [0.29, 0.717) is 0 Å². The lowest BCUT2D eigenvalue weighted by molar-refractivity contribution is -0.129.